The molecule has 0 N–H and O–H groups in total. The van der Waals surface area contributed by atoms with Crippen molar-refractivity contribution in [1.29, 1.82) is 0 Å². The van der Waals surface area contributed by atoms with Crippen LogP contribution in [0.25, 0.3) is 0 Å². The summed E-state index contributed by atoms with van der Waals surface area (Å²) in [4.78, 5) is 13.0. The van der Waals surface area contributed by atoms with E-state index >= 15 is 0 Å². The number of hydrazone groups is 1. The largest absolute Gasteiger partial charge is 0.467 e. The van der Waals surface area contributed by atoms with E-state index in [1.165, 1.54) is 16.7 Å². The van der Waals surface area contributed by atoms with Crippen LogP contribution in [0.1, 0.15) is 40.5 Å². The highest BCUT2D eigenvalue weighted by molar-refractivity contribution is 7.99. The van der Waals surface area contributed by atoms with E-state index in [1.807, 2.05) is 24.3 Å². The van der Waals surface area contributed by atoms with Crippen molar-refractivity contribution in [3.05, 3.63) is 94.9 Å². The van der Waals surface area contributed by atoms with Crippen LogP contribution in [-0.4, -0.2) is 22.4 Å². The second-order valence-corrected chi connectivity index (χ2v) is 8.29. The first-order chi connectivity index (χ1) is 14.1. The van der Waals surface area contributed by atoms with Gasteiger partial charge in [-0.3, -0.25) is 4.79 Å². The Morgan fingerprint density at radius 1 is 1.10 bits per heavy atom. The minimum atomic E-state index is -0.187. The molecule has 148 valence electrons. The molecule has 29 heavy (non-hydrogen) atoms. The van der Waals surface area contributed by atoms with Gasteiger partial charge in [-0.1, -0.05) is 54.1 Å². The fourth-order valence-electron chi connectivity index (χ4n) is 3.45. The number of amides is 1. The standard InChI is InChI=1S/C24H24N2O2S/c1-17-9-11-19(12-10-17)21-14-22(23-8-5-13-28-23)26(25-21)24(27)16-29-15-20-7-4-3-6-18(20)2/h3-13,22H,14-16H2,1-2H3/t22-/m1/s1. The van der Waals surface area contributed by atoms with Gasteiger partial charge < -0.3 is 4.42 Å². The van der Waals surface area contributed by atoms with Gasteiger partial charge in [0.2, 0.25) is 0 Å². The number of nitrogens with zero attached hydrogens (tertiary/aromatic N) is 2. The van der Waals surface area contributed by atoms with E-state index in [0.717, 1.165) is 22.8 Å². The summed E-state index contributed by atoms with van der Waals surface area (Å²) in [5.74, 6) is 1.97. The van der Waals surface area contributed by atoms with Crippen molar-refractivity contribution in [2.45, 2.75) is 32.1 Å². The average molecular weight is 405 g/mol. The molecule has 1 amide bonds. The minimum absolute atomic E-state index is 0.00657. The fraction of sp³-hybridized carbons (Fsp3) is 0.250. The Morgan fingerprint density at radius 3 is 2.62 bits per heavy atom. The molecule has 0 spiro atoms. The third kappa shape index (κ3) is 4.46. The third-order valence-corrected chi connectivity index (χ3v) is 6.13. The fourth-order valence-corrected chi connectivity index (χ4v) is 4.40. The number of hydrogen-bond acceptors (Lipinski definition) is 4. The van der Waals surface area contributed by atoms with Crippen LogP contribution >= 0.6 is 11.8 Å². The molecule has 4 nitrogen and oxygen atoms in total. The van der Waals surface area contributed by atoms with Crippen LogP contribution in [0.3, 0.4) is 0 Å². The van der Waals surface area contributed by atoms with E-state index in [1.54, 1.807) is 23.0 Å². The molecule has 3 aromatic rings. The van der Waals surface area contributed by atoms with Crippen LogP contribution in [0.4, 0.5) is 0 Å². The molecular weight excluding hydrogens is 380 g/mol. The minimum Gasteiger partial charge on any atom is -0.467 e. The first kappa shape index (κ1) is 19.5. The number of furan rings is 1. The second kappa shape index (κ2) is 8.70. The lowest BCUT2D eigenvalue weighted by molar-refractivity contribution is -0.130. The zero-order chi connectivity index (χ0) is 20.2. The first-order valence-corrected chi connectivity index (χ1v) is 10.9. The molecule has 5 heteroatoms. The molecule has 4 rings (SSSR count). The summed E-state index contributed by atoms with van der Waals surface area (Å²) in [6.45, 7) is 4.16. The van der Waals surface area contributed by atoms with E-state index < -0.39 is 0 Å². The van der Waals surface area contributed by atoms with Crippen LogP contribution in [0, 0.1) is 13.8 Å². The van der Waals surface area contributed by atoms with Crippen LogP contribution in [0.15, 0.2) is 76.4 Å². The Bertz CT molecular complexity index is 1010. The van der Waals surface area contributed by atoms with Crippen molar-refractivity contribution in [2.75, 3.05) is 5.75 Å². The summed E-state index contributed by atoms with van der Waals surface area (Å²) in [5.41, 5.74) is 5.69. The van der Waals surface area contributed by atoms with Crippen LogP contribution in [0.5, 0.6) is 0 Å². The Kier molecular flexibility index (Phi) is 5.86. The van der Waals surface area contributed by atoms with E-state index in [-0.39, 0.29) is 11.9 Å². The number of rotatable bonds is 6. The average Bonchev–Trinajstić information content (AvgIpc) is 3.40. The van der Waals surface area contributed by atoms with E-state index in [9.17, 15) is 4.79 Å². The number of hydrogen-bond donors (Lipinski definition) is 0. The zero-order valence-electron chi connectivity index (χ0n) is 16.7. The summed E-state index contributed by atoms with van der Waals surface area (Å²) in [6.07, 6.45) is 2.31. The van der Waals surface area contributed by atoms with Crippen molar-refractivity contribution < 1.29 is 9.21 Å². The molecular formula is C24H24N2O2S. The van der Waals surface area contributed by atoms with Gasteiger partial charge >= 0.3 is 0 Å². The zero-order valence-corrected chi connectivity index (χ0v) is 17.5. The van der Waals surface area contributed by atoms with Crippen molar-refractivity contribution in [3.8, 4) is 0 Å². The molecule has 0 radical (unpaired) electrons. The highest BCUT2D eigenvalue weighted by Crippen LogP contribution is 2.33. The molecule has 1 atom stereocenters. The Hall–Kier alpha value is -2.79. The molecule has 2 heterocycles. The van der Waals surface area contributed by atoms with Gasteiger partial charge in [0, 0.05) is 12.2 Å². The maximum atomic E-state index is 13.0. The number of benzene rings is 2. The predicted molar refractivity (Wildman–Crippen MR) is 118 cm³/mol. The number of thioether (sulfide) groups is 1. The molecule has 0 saturated heterocycles. The Labute approximate surface area is 175 Å². The number of carbonyl (C=O) groups is 1. The van der Waals surface area contributed by atoms with Crippen molar-refractivity contribution in [1.82, 2.24) is 5.01 Å². The van der Waals surface area contributed by atoms with Gasteiger partial charge in [0.1, 0.15) is 11.8 Å². The van der Waals surface area contributed by atoms with Gasteiger partial charge in [-0.2, -0.15) is 5.10 Å². The molecule has 1 aliphatic heterocycles. The summed E-state index contributed by atoms with van der Waals surface area (Å²) >= 11 is 1.62. The molecule has 0 saturated carbocycles. The van der Waals surface area contributed by atoms with Gasteiger partial charge in [-0.25, -0.2) is 5.01 Å². The molecule has 0 aliphatic carbocycles. The second-order valence-electron chi connectivity index (χ2n) is 7.31. The lowest BCUT2D eigenvalue weighted by Gasteiger charge is -2.19. The first-order valence-electron chi connectivity index (χ1n) is 9.74. The Balaban J connectivity index is 1.49. The van der Waals surface area contributed by atoms with Crippen LogP contribution < -0.4 is 0 Å². The normalized spacial score (nSPS) is 16.1. The van der Waals surface area contributed by atoms with Crippen LogP contribution in [-0.2, 0) is 10.5 Å². The topological polar surface area (TPSA) is 45.8 Å². The van der Waals surface area contributed by atoms with Gasteiger partial charge in [-0.05, 0) is 42.7 Å². The quantitative estimate of drug-likeness (QED) is 0.544. The van der Waals surface area contributed by atoms with E-state index in [4.69, 9.17) is 9.52 Å². The molecule has 1 aromatic heterocycles. The number of carbonyl (C=O) groups excluding carboxylic acids is 1. The summed E-state index contributed by atoms with van der Waals surface area (Å²) in [7, 11) is 0. The van der Waals surface area contributed by atoms with Gasteiger partial charge in [0.15, 0.2) is 0 Å². The highest BCUT2D eigenvalue weighted by atomic mass is 32.2. The van der Waals surface area contributed by atoms with Crippen molar-refractivity contribution >= 4 is 23.4 Å². The summed E-state index contributed by atoms with van der Waals surface area (Å²) < 4.78 is 5.62. The Morgan fingerprint density at radius 2 is 1.90 bits per heavy atom. The van der Waals surface area contributed by atoms with Crippen molar-refractivity contribution in [2.24, 2.45) is 5.10 Å². The molecule has 0 unspecified atom stereocenters. The predicted octanol–water partition coefficient (Wildman–Crippen LogP) is 5.51. The van der Waals surface area contributed by atoms with Gasteiger partial charge in [0.25, 0.3) is 5.91 Å². The van der Waals surface area contributed by atoms with Crippen molar-refractivity contribution in [3.63, 3.8) is 0 Å². The van der Waals surface area contributed by atoms with Gasteiger partial charge in [0.05, 0.1) is 17.7 Å². The van der Waals surface area contributed by atoms with Crippen LogP contribution in [0.2, 0.25) is 0 Å². The smallest absolute Gasteiger partial charge is 0.253 e. The molecule has 2 aromatic carbocycles. The van der Waals surface area contributed by atoms with Gasteiger partial charge in [-0.15, -0.1) is 11.8 Å². The number of aryl methyl sites for hydroxylation is 2. The van der Waals surface area contributed by atoms with E-state index in [0.29, 0.717) is 12.2 Å². The lowest BCUT2D eigenvalue weighted by atomic mass is 10.0. The summed E-state index contributed by atoms with van der Waals surface area (Å²) in [6, 6.07) is 20.1. The molecule has 0 bridgehead atoms. The lowest BCUT2D eigenvalue weighted by Crippen LogP contribution is -2.28. The highest BCUT2D eigenvalue weighted by Gasteiger charge is 2.34. The molecule has 0 fully saturated rings. The molecule has 1 aliphatic rings. The monoisotopic (exact) mass is 404 g/mol. The maximum Gasteiger partial charge on any atom is 0.253 e. The summed E-state index contributed by atoms with van der Waals surface area (Å²) in [5, 5.41) is 6.31. The maximum absolute atomic E-state index is 13.0. The van der Waals surface area contributed by atoms with E-state index in [2.05, 4.69) is 50.2 Å². The SMILES string of the molecule is Cc1ccc(C2=NN(C(=O)CSCc3ccccc3C)[C@@H](c3ccco3)C2)cc1. The third-order valence-electron chi connectivity index (χ3n) is 5.17.